The summed E-state index contributed by atoms with van der Waals surface area (Å²) in [5.41, 5.74) is 0. The van der Waals surface area contributed by atoms with E-state index in [4.69, 9.17) is 5.11 Å². The first kappa shape index (κ1) is 17.0. The van der Waals surface area contributed by atoms with Gasteiger partial charge in [0.05, 0.1) is 6.42 Å². The Morgan fingerprint density at radius 2 is 1.90 bits per heavy atom. The summed E-state index contributed by atoms with van der Waals surface area (Å²) in [5, 5.41) is 8.56. The number of carbonyl (C=O) groups is 2. The minimum atomic E-state index is -0.879. The van der Waals surface area contributed by atoms with Gasteiger partial charge in [0.25, 0.3) is 0 Å². The van der Waals surface area contributed by atoms with Crippen LogP contribution in [0.25, 0.3) is 0 Å². The maximum Gasteiger partial charge on any atom is 0.305 e. The monoisotopic (exact) mass is 359 g/mol. The van der Waals surface area contributed by atoms with E-state index in [-0.39, 0.29) is 18.9 Å². The van der Waals surface area contributed by atoms with E-state index in [1.54, 1.807) is 18.8 Å². The van der Waals surface area contributed by atoms with Gasteiger partial charge in [-0.05, 0) is 36.4 Å². The number of benzene rings is 1. The van der Waals surface area contributed by atoms with E-state index >= 15 is 0 Å². The number of nitrogens with zero attached hydrogens (tertiary/aromatic N) is 1. The first-order valence-corrected chi connectivity index (χ1v) is 8.11. The van der Waals surface area contributed by atoms with Gasteiger partial charge in [-0.15, -0.1) is 11.8 Å². The van der Waals surface area contributed by atoms with Crippen molar-refractivity contribution in [1.29, 1.82) is 0 Å². The molecule has 0 aliphatic carbocycles. The SMILES string of the molecule is CN(CCC(=O)O)C(=O)CCCSc1ccc(Br)cc1. The van der Waals surface area contributed by atoms with Crippen LogP contribution < -0.4 is 0 Å². The molecule has 0 atom stereocenters. The molecule has 0 radical (unpaired) electrons. The fourth-order valence-corrected chi connectivity index (χ4v) is 2.64. The van der Waals surface area contributed by atoms with Crippen LogP contribution in [0.4, 0.5) is 0 Å². The number of hydrogen-bond acceptors (Lipinski definition) is 3. The fraction of sp³-hybridized carbons (Fsp3) is 0.429. The summed E-state index contributed by atoms with van der Waals surface area (Å²) in [6, 6.07) is 8.06. The van der Waals surface area contributed by atoms with E-state index in [0.717, 1.165) is 16.6 Å². The molecule has 0 bridgehead atoms. The Kier molecular flexibility index (Phi) is 7.69. The van der Waals surface area contributed by atoms with Gasteiger partial charge in [0.15, 0.2) is 0 Å². The second kappa shape index (κ2) is 9.02. The second-order valence-corrected chi connectivity index (χ2v) is 6.45. The summed E-state index contributed by atoms with van der Waals surface area (Å²) in [6.07, 6.45) is 1.24. The molecule has 0 saturated heterocycles. The highest BCUT2D eigenvalue weighted by molar-refractivity contribution is 9.10. The number of halogens is 1. The number of aliphatic carboxylic acids is 1. The third-order valence-electron chi connectivity index (χ3n) is 2.70. The highest BCUT2D eigenvalue weighted by Crippen LogP contribution is 2.21. The first-order chi connectivity index (χ1) is 9.49. The molecule has 0 fully saturated rings. The highest BCUT2D eigenvalue weighted by atomic mass is 79.9. The molecule has 0 aliphatic heterocycles. The number of rotatable bonds is 8. The molecule has 0 aromatic heterocycles. The summed E-state index contributed by atoms with van der Waals surface area (Å²) < 4.78 is 1.05. The van der Waals surface area contributed by atoms with Gasteiger partial charge in [-0.3, -0.25) is 9.59 Å². The van der Waals surface area contributed by atoms with E-state index in [0.29, 0.717) is 6.42 Å². The Morgan fingerprint density at radius 1 is 1.25 bits per heavy atom. The Bertz CT molecular complexity index is 450. The Morgan fingerprint density at radius 3 is 2.50 bits per heavy atom. The zero-order valence-electron chi connectivity index (χ0n) is 11.3. The van der Waals surface area contributed by atoms with Crippen molar-refractivity contribution in [2.75, 3.05) is 19.3 Å². The van der Waals surface area contributed by atoms with Crippen molar-refractivity contribution in [3.63, 3.8) is 0 Å². The van der Waals surface area contributed by atoms with Crippen molar-refractivity contribution in [2.45, 2.75) is 24.2 Å². The predicted molar refractivity (Wildman–Crippen MR) is 84.0 cm³/mol. The van der Waals surface area contributed by atoms with Crippen molar-refractivity contribution in [3.8, 4) is 0 Å². The van der Waals surface area contributed by atoms with E-state index in [1.165, 1.54) is 9.80 Å². The molecule has 1 N–H and O–H groups in total. The standard InChI is InChI=1S/C14H18BrNO3S/c1-16(9-8-14(18)19)13(17)3-2-10-20-12-6-4-11(15)5-7-12/h4-7H,2-3,8-10H2,1H3,(H,18,19). The Hall–Kier alpha value is -1.01. The number of hydrogen-bond donors (Lipinski definition) is 1. The van der Waals surface area contributed by atoms with Gasteiger partial charge in [-0.25, -0.2) is 0 Å². The van der Waals surface area contributed by atoms with Crippen molar-refractivity contribution in [2.24, 2.45) is 0 Å². The van der Waals surface area contributed by atoms with Crippen molar-refractivity contribution in [1.82, 2.24) is 4.90 Å². The third-order valence-corrected chi connectivity index (χ3v) is 4.33. The molecular weight excluding hydrogens is 342 g/mol. The maximum absolute atomic E-state index is 11.7. The predicted octanol–water partition coefficient (Wildman–Crippen LogP) is 3.25. The van der Waals surface area contributed by atoms with Gasteiger partial charge in [0, 0.05) is 29.4 Å². The van der Waals surface area contributed by atoms with Gasteiger partial charge in [-0.2, -0.15) is 0 Å². The quantitative estimate of drug-likeness (QED) is 0.571. The molecule has 6 heteroatoms. The van der Waals surface area contributed by atoms with Crippen LogP contribution in [0, 0.1) is 0 Å². The van der Waals surface area contributed by atoms with Crippen LogP contribution in [0.15, 0.2) is 33.6 Å². The molecule has 0 unspecified atom stereocenters. The van der Waals surface area contributed by atoms with Gasteiger partial charge in [0.1, 0.15) is 0 Å². The van der Waals surface area contributed by atoms with Crippen LogP contribution in [-0.2, 0) is 9.59 Å². The van der Waals surface area contributed by atoms with Crippen LogP contribution in [0.3, 0.4) is 0 Å². The molecule has 110 valence electrons. The van der Waals surface area contributed by atoms with Crippen LogP contribution >= 0.6 is 27.7 Å². The number of carboxylic acid groups (broad SMARTS) is 1. The Labute approximate surface area is 131 Å². The lowest BCUT2D eigenvalue weighted by Gasteiger charge is -2.15. The Balaban J connectivity index is 2.18. The van der Waals surface area contributed by atoms with Gasteiger partial charge >= 0.3 is 5.97 Å². The molecule has 0 heterocycles. The lowest BCUT2D eigenvalue weighted by Crippen LogP contribution is -2.28. The van der Waals surface area contributed by atoms with Gasteiger partial charge < -0.3 is 10.0 Å². The minimum absolute atomic E-state index is 0.00246. The minimum Gasteiger partial charge on any atom is -0.481 e. The summed E-state index contributed by atoms with van der Waals surface area (Å²) in [4.78, 5) is 24.8. The number of carbonyl (C=O) groups excluding carboxylic acids is 1. The molecule has 1 aromatic rings. The van der Waals surface area contributed by atoms with E-state index in [2.05, 4.69) is 15.9 Å². The maximum atomic E-state index is 11.7. The number of thioether (sulfide) groups is 1. The summed E-state index contributed by atoms with van der Waals surface area (Å²) in [7, 11) is 1.65. The molecule has 4 nitrogen and oxygen atoms in total. The highest BCUT2D eigenvalue weighted by Gasteiger charge is 2.09. The summed E-state index contributed by atoms with van der Waals surface area (Å²) in [5.74, 6) is -0.00162. The average Bonchev–Trinajstić information content (AvgIpc) is 2.42. The smallest absolute Gasteiger partial charge is 0.305 e. The van der Waals surface area contributed by atoms with E-state index in [9.17, 15) is 9.59 Å². The normalized spacial score (nSPS) is 10.3. The lowest BCUT2D eigenvalue weighted by molar-refractivity contribution is -0.138. The number of amides is 1. The van der Waals surface area contributed by atoms with E-state index < -0.39 is 5.97 Å². The lowest BCUT2D eigenvalue weighted by atomic mass is 10.3. The van der Waals surface area contributed by atoms with Crippen LogP contribution in [-0.4, -0.2) is 41.2 Å². The molecule has 20 heavy (non-hydrogen) atoms. The molecule has 0 saturated carbocycles. The molecule has 0 spiro atoms. The molecule has 0 aliphatic rings. The largest absolute Gasteiger partial charge is 0.481 e. The molecular formula is C14H18BrNO3S. The zero-order chi connectivity index (χ0) is 15.0. The molecule has 1 amide bonds. The number of carboxylic acids is 1. The fourth-order valence-electron chi connectivity index (χ4n) is 1.52. The van der Waals surface area contributed by atoms with Crippen LogP contribution in [0.5, 0.6) is 0 Å². The van der Waals surface area contributed by atoms with Crippen molar-refractivity contribution >= 4 is 39.6 Å². The zero-order valence-corrected chi connectivity index (χ0v) is 13.7. The van der Waals surface area contributed by atoms with E-state index in [1.807, 2.05) is 24.3 Å². The van der Waals surface area contributed by atoms with Gasteiger partial charge in [0.2, 0.25) is 5.91 Å². The average molecular weight is 360 g/mol. The van der Waals surface area contributed by atoms with Crippen molar-refractivity contribution in [3.05, 3.63) is 28.7 Å². The topological polar surface area (TPSA) is 57.6 Å². The van der Waals surface area contributed by atoms with Crippen LogP contribution in [0.2, 0.25) is 0 Å². The summed E-state index contributed by atoms with van der Waals surface area (Å²) >= 11 is 5.10. The second-order valence-electron chi connectivity index (χ2n) is 4.36. The molecule has 1 rings (SSSR count). The van der Waals surface area contributed by atoms with Gasteiger partial charge in [-0.1, -0.05) is 15.9 Å². The first-order valence-electron chi connectivity index (χ1n) is 6.33. The molecule has 1 aromatic carbocycles. The van der Waals surface area contributed by atoms with Crippen molar-refractivity contribution < 1.29 is 14.7 Å². The van der Waals surface area contributed by atoms with Crippen LogP contribution in [0.1, 0.15) is 19.3 Å². The third kappa shape index (κ3) is 6.96. The summed E-state index contributed by atoms with van der Waals surface area (Å²) in [6.45, 7) is 0.272.